The van der Waals surface area contributed by atoms with Gasteiger partial charge in [0.2, 0.25) is 0 Å². The van der Waals surface area contributed by atoms with Crippen molar-refractivity contribution >= 4 is 38.8 Å². The number of carboxylic acid groups (broad SMARTS) is 2. The molecule has 0 bridgehead atoms. The Morgan fingerprint density at radius 1 is 1.12 bits per heavy atom. The molecule has 0 aliphatic carbocycles. The highest BCUT2D eigenvalue weighted by Gasteiger charge is 2.10. The number of carbonyl (C=O) groups is 2. The van der Waals surface area contributed by atoms with Crippen molar-refractivity contribution in [1.82, 2.24) is 15.0 Å². The normalized spacial score (nSPS) is 11.8. The van der Waals surface area contributed by atoms with E-state index in [0.29, 0.717) is 18.1 Å². The Morgan fingerprint density at radius 3 is 2.41 bits per heavy atom. The molecular weight excluding hydrogens is 502 g/mol. The minimum atomic E-state index is -1.26. The van der Waals surface area contributed by atoms with Gasteiger partial charge in [0.25, 0.3) is 0 Å². The second-order valence-corrected chi connectivity index (χ2v) is 8.41. The Kier molecular flexibility index (Phi) is 11.2. The lowest BCUT2D eigenvalue weighted by Crippen LogP contribution is -2.24. The Hall–Kier alpha value is -3.30. The second kappa shape index (κ2) is 14.1. The van der Waals surface area contributed by atoms with Gasteiger partial charge < -0.3 is 15.1 Å². The predicted molar refractivity (Wildman–Crippen MR) is 134 cm³/mol. The fourth-order valence-corrected chi connectivity index (χ4v) is 3.54. The molecule has 9 heteroatoms. The highest BCUT2D eigenvalue weighted by Crippen LogP contribution is 2.26. The van der Waals surface area contributed by atoms with E-state index in [1.165, 1.54) is 5.56 Å². The van der Waals surface area contributed by atoms with Crippen LogP contribution in [0.2, 0.25) is 0 Å². The van der Waals surface area contributed by atoms with Gasteiger partial charge in [0, 0.05) is 47.9 Å². The predicted octanol–water partition coefficient (Wildman–Crippen LogP) is 5.30. The van der Waals surface area contributed by atoms with E-state index in [2.05, 4.69) is 57.1 Å². The summed E-state index contributed by atoms with van der Waals surface area (Å²) < 4.78 is 1.13. The van der Waals surface area contributed by atoms with Gasteiger partial charge in [-0.1, -0.05) is 35.0 Å². The first-order valence-corrected chi connectivity index (χ1v) is 11.6. The van der Waals surface area contributed by atoms with Crippen LogP contribution < -0.4 is 4.84 Å². The molecule has 0 aliphatic rings. The molecule has 8 nitrogen and oxygen atoms in total. The standard InChI is InChI=1S/C21H24BrN3O.C4H4O4/c1-3-16(17-6-9-19(22)10-7-17)5-4-12-25(2)26-20-11-8-18-14-23-15-24-21(18)13-20;5-3(6)1-2-4(7)8/h6-11,13-16H,3-5,12H2,1-2H3;1-2H,(H,5,6)(H,7,8). The lowest BCUT2D eigenvalue weighted by molar-refractivity contribution is -0.134. The van der Waals surface area contributed by atoms with Gasteiger partial charge in [-0.3, -0.25) is 0 Å². The van der Waals surface area contributed by atoms with Crippen LogP contribution in [0.25, 0.3) is 10.9 Å². The van der Waals surface area contributed by atoms with E-state index in [4.69, 9.17) is 15.1 Å². The fourth-order valence-electron chi connectivity index (χ4n) is 3.28. The Bertz CT molecular complexity index is 1090. The van der Waals surface area contributed by atoms with E-state index >= 15 is 0 Å². The topological polar surface area (TPSA) is 113 Å². The number of hydrogen-bond acceptors (Lipinski definition) is 6. The van der Waals surface area contributed by atoms with Crippen LogP contribution in [0.1, 0.15) is 37.7 Å². The number of benzene rings is 2. The number of halogens is 1. The number of nitrogens with zero attached hydrogens (tertiary/aromatic N) is 3. The van der Waals surface area contributed by atoms with Crippen LogP contribution in [-0.4, -0.2) is 50.8 Å². The molecule has 3 aromatic rings. The summed E-state index contributed by atoms with van der Waals surface area (Å²) >= 11 is 3.50. The zero-order valence-corrected chi connectivity index (χ0v) is 20.7. The van der Waals surface area contributed by atoms with E-state index in [1.807, 2.05) is 36.5 Å². The maximum Gasteiger partial charge on any atom is 0.328 e. The number of fused-ring (bicyclic) bond motifs is 1. The molecule has 0 aliphatic heterocycles. The quantitative estimate of drug-likeness (QED) is 0.268. The van der Waals surface area contributed by atoms with Gasteiger partial charge in [0.1, 0.15) is 12.1 Å². The monoisotopic (exact) mass is 529 g/mol. The van der Waals surface area contributed by atoms with Crippen LogP contribution >= 0.6 is 15.9 Å². The summed E-state index contributed by atoms with van der Waals surface area (Å²) in [4.78, 5) is 33.3. The minimum absolute atomic E-state index is 0.558. The number of rotatable bonds is 10. The molecule has 0 saturated carbocycles. The smallest absolute Gasteiger partial charge is 0.328 e. The van der Waals surface area contributed by atoms with Crippen molar-refractivity contribution in [2.45, 2.75) is 32.1 Å². The van der Waals surface area contributed by atoms with Gasteiger partial charge in [-0.2, -0.15) is 0 Å². The van der Waals surface area contributed by atoms with Crippen molar-refractivity contribution in [2.24, 2.45) is 0 Å². The molecule has 34 heavy (non-hydrogen) atoms. The largest absolute Gasteiger partial charge is 0.478 e. The van der Waals surface area contributed by atoms with E-state index in [-0.39, 0.29) is 0 Å². The van der Waals surface area contributed by atoms with Crippen molar-refractivity contribution in [3.05, 3.63) is 77.2 Å². The second-order valence-electron chi connectivity index (χ2n) is 7.49. The molecule has 0 saturated heterocycles. The Morgan fingerprint density at radius 2 is 1.79 bits per heavy atom. The number of aliphatic carboxylic acids is 2. The number of carboxylic acids is 2. The lowest BCUT2D eigenvalue weighted by Gasteiger charge is -2.20. The van der Waals surface area contributed by atoms with E-state index in [9.17, 15) is 9.59 Å². The Balaban J connectivity index is 0.000000440. The molecule has 1 unspecified atom stereocenters. The highest BCUT2D eigenvalue weighted by molar-refractivity contribution is 9.10. The van der Waals surface area contributed by atoms with Crippen LogP contribution in [0.3, 0.4) is 0 Å². The fraction of sp³-hybridized carbons (Fsp3) is 0.280. The SMILES string of the molecule is CCC(CCCN(C)Oc1ccc2cncnc2c1)c1ccc(Br)cc1.O=C(O)C=CC(=O)O. The summed E-state index contributed by atoms with van der Waals surface area (Å²) in [6.07, 6.45) is 7.87. The molecule has 2 aromatic carbocycles. The molecule has 2 N–H and O–H groups in total. The van der Waals surface area contributed by atoms with Gasteiger partial charge >= 0.3 is 11.9 Å². The molecule has 0 fully saturated rings. The highest BCUT2D eigenvalue weighted by atomic mass is 79.9. The van der Waals surface area contributed by atoms with Crippen LogP contribution in [0.15, 0.2) is 71.6 Å². The average Bonchev–Trinajstić information content (AvgIpc) is 2.81. The molecule has 0 amide bonds. The summed E-state index contributed by atoms with van der Waals surface area (Å²) in [7, 11) is 1.98. The molecule has 1 aromatic heterocycles. The summed E-state index contributed by atoms with van der Waals surface area (Å²) in [6.45, 7) is 3.14. The number of aromatic nitrogens is 2. The summed E-state index contributed by atoms with van der Waals surface area (Å²) in [5.41, 5.74) is 2.31. The van der Waals surface area contributed by atoms with Gasteiger partial charge in [-0.25, -0.2) is 19.6 Å². The third-order valence-electron chi connectivity index (χ3n) is 4.97. The van der Waals surface area contributed by atoms with Crippen molar-refractivity contribution in [2.75, 3.05) is 13.6 Å². The summed E-state index contributed by atoms with van der Waals surface area (Å²) in [6, 6.07) is 14.6. The molecule has 0 radical (unpaired) electrons. The van der Waals surface area contributed by atoms with Crippen molar-refractivity contribution in [3.8, 4) is 5.75 Å². The average molecular weight is 530 g/mol. The van der Waals surface area contributed by atoms with Crippen LogP contribution in [0, 0.1) is 0 Å². The summed E-state index contributed by atoms with van der Waals surface area (Å²) in [5, 5.41) is 18.5. The molecule has 180 valence electrons. The van der Waals surface area contributed by atoms with E-state index in [1.54, 1.807) is 6.33 Å². The van der Waals surface area contributed by atoms with Crippen LogP contribution in [-0.2, 0) is 9.59 Å². The van der Waals surface area contributed by atoms with Crippen molar-refractivity contribution in [3.63, 3.8) is 0 Å². The number of hydroxylamine groups is 2. The van der Waals surface area contributed by atoms with Gasteiger partial charge in [0.05, 0.1) is 5.52 Å². The molecule has 1 heterocycles. The van der Waals surface area contributed by atoms with Crippen molar-refractivity contribution < 1.29 is 24.6 Å². The van der Waals surface area contributed by atoms with E-state index in [0.717, 1.165) is 46.9 Å². The summed E-state index contributed by atoms with van der Waals surface area (Å²) in [5.74, 6) is -1.12. The third kappa shape index (κ3) is 9.68. The maximum absolute atomic E-state index is 9.55. The first kappa shape index (κ1) is 26.9. The van der Waals surface area contributed by atoms with E-state index < -0.39 is 11.9 Å². The first-order valence-electron chi connectivity index (χ1n) is 10.8. The minimum Gasteiger partial charge on any atom is -0.478 e. The van der Waals surface area contributed by atoms with Crippen LogP contribution in [0.5, 0.6) is 5.75 Å². The number of hydrogen-bond donors (Lipinski definition) is 2. The van der Waals surface area contributed by atoms with Gasteiger partial charge in [-0.05, 0) is 55.0 Å². The Labute approximate surface area is 207 Å². The molecule has 1 atom stereocenters. The van der Waals surface area contributed by atoms with Crippen molar-refractivity contribution in [1.29, 1.82) is 0 Å². The zero-order chi connectivity index (χ0) is 24.9. The molecular formula is C25H28BrN3O5. The van der Waals surface area contributed by atoms with Gasteiger partial charge in [-0.15, -0.1) is 5.06 Å². The maximum atomic E-state index is 9.55. The van der Waals surface area contributed by atoms with Crippen LogP contribution in [0.4, 0.5) is 0 Å². The zero-order valence-electron chi connectivity index (χ0n) is 19.1. The molecule has 3 rings (SSSR count). The first-order chi connectivity index (χ1) is 16.3. The van der Waals surface area contributed by atoms with Gasteiger partial charge in [0.15, 0.2) is 0 Å². The molecule has 0 spiro atoms. The third-order valence-corrected chi connectivity index (χ3v) is 5.50. The lowest BCUT2D eigenvalue weighted by atomic mass is 9.92.